The Kier molecular flexibility index (Phi) is 5.74. The van der Waals surface area contributed by atoms with Crippen LogP contribution < -0.4 is 0 Å². The number of phosphoric ester groups is 1. The second kappa shape index (κ2) is 6.44. The summed E-state index contributed by atoms with van der Waals surface area (Å²) in [6.45, 7) is 4.64. The van der Waals surface area contributed by atoms with E-state index in [9.17, 15) is 19.1 Å². The zero-order chi connectivity index (χ0) is 16.6. The van der Waals surface area contributed by atoms with Crippen LogP contribution in [0.15, 0.2) is 21.4 Å². The van der Waals surface area contributed by atoms with Gasteiger partial charge in [-0.05, 0) is 20.8 Å². The molecule has 0 aromatic heterocycles. The molecule has 1 aliphatic heterocycles. The van der Waals surface area contributed by atoms with Crippen molar-refractivity contribution >= 4 is 27.4 Å². The van der Waals surface area contributed by atoms with Crippen molar-refractivity contribution in [1.82, 2.24) is 4.90 Å². The number of allylic oxidation sites excluding steroid dienone is 2. The van der Waals surface area contributed by atoms with E-state index in [4.69, 9.17) is 14.3 Å². The Morgan fingerprint density at radius 2 is 1.86 bits per heavy atom. The third-order valence-corrected chi connectivity index (χ3v) is 6.42. The number of rotatable bonds is 5. The molecule has 2 atom stereocenters. The summed E-state index contributed by atoms with van der Waals surface area (Å²) in [6, 6.07) is 0. The summed E-state index contributed by atoms with van der Waals surface area (Å²) in [5.41, 5.74) is 0.673. The van der Waals surface area contributed by atoms with Crippen molar-refractivity contribution in [3.05, 3.63) is 21.4 Å². The summed E-state index contributed by atoms with van der Waals surface area (Å²) in [6.07, 6.45) is -0.961. The Morgan fingerprint density at radius 1 is 1.33 bits per heavy atom. The van der Waals surface area contributed by atoms with Crippen LogP contribution in [0.2, 0.25) is 0 Å². The van der Waals surface area contributed by atoms with Crippen molar-refractivity contribution < 1.29 is 37.8 Å². The molecule has 0 aromatic rings. The van der Waals surface area contributed by atoms with Crippen LogP contribution in [-0.4, -0.2) is 37.8 Å². The fourth-order valence-electron chi connectivity index (χ4n) is 1.66. The summed E-state index contributed by atoms with van der Waals surface area (Å²) >= 11 is 1.13. The van der Waals surface area contributed by atoms with Crippen LogP contribution in [0.1, 0.15) is 20.8 Å². The second-order valence-electron chi connectivity index (χ2n) is 4.29. The molecule has 1 rings (SSSR count). The molecule has 0 saturated carbocycles. The quantitative estimate of drug-likeness (QED) is 0.426. The Bertz CT molecular complexity index is 578. The maximum absolute atomic E-state index is 11.5. The van der Waals surface area contributed by atoms with Gasteiger partial charge in [-0.2, -0.15) is 4.31 Å². The molecule has 0 fully saturated rings. The number of aliphatic hydroxyl groups is 1. The number of thioether (sulfide) groups is 1. The van der Waals surface area contributed by atoms with Gasteiger partial charge in [0.2, 0.25) is 0 Å². The van der Waals surface area contributed by atoms with Gasteiger partial charge >= 0.3 is 15.6 Å². The lowest BCUT2D eigenvalue weighted by Gasteiger charge is -2.18. The van der Waals surface area contributed by atoms with Crippen molar-refractivity contribution in [2.24, 2.45) is 0 Å². The highest BCUT2D eigenvalue weighted by molar-refractivity contribution is 8.07. The average molecular weight is 361 g/mol. The third-order valence-electron chi connectivity index (χ3n) is 2.55. The third kappa shape index (κ3) is 5.12. The van der Waals surface area contributed by atoms with E-state index in [0.29, 0.717) is 15.6 Å². The number of hydrogen-bond donors (Lipinski definition) is 4. The van der Waals surface area contributed by atoms with Gasteiger partial charge in [0.05, 0.1) is 6.10 Å². The minimum Gasteiger partial charge on any atom is -0.510 e. The van der Waals surface area contributed by atoms with E-state index in [2.05, 4.69) is 4.31 Å². The number of aliphatic hydroxyl groups excluding tert-OH is 1. The SMILES string of the molecule is CC1=C(C(C)OP(=O)(O)OP(=O)(O)O)S/C(=C(/C)O)N1C. The Morgan fingerprint density at radius 3 is 2.24 bits per heavy atom. The van der Waals surface area contributed by atoms with Crippen LogP contribution in [-0.2, 0) is 18.0 Å². The summed E-state index contributed by atoms with van der Waals surface area (Å²) < 4.78 is 30.6. The van der Waals surface area contributed by atoms with E-state index in [1.165, 1.54) is 13.8 Å². The van der Waals surface area contributed by atoms with Crippen LogP contribution in [0.5, 0.6) is 0 Å². The van der Waals surface area contributed by atoms with Crippen LogP contribution in [0.25, 0.3) is 0 Å². The highest BCUT2D eigenvalue weighted by Crippen LogP contribution is 2.59. The first-order valence-electron chi connectivity index (χ1n) is 5.64. The fraction of sp³-hybridized carbons (Fsp3) is 0.556. The van der Waals surface area contributed by atoms with Crippen LogP contribution in [0.3, 0.4) is 0 Å². The lowest BCUT2D eigenvalue weighted by atomic mass is 10.3. The first kappa shape index (κ1) is 18.7. The minimum atomic E-state index is -5.15. The zero-order valence-electron chi connectivity index (χ0n) is 11.7. The molecular weight excluding hydrogens is 344 g/mol. The molecule has 0 bridgehead atoms. The van der Waals surface area contributed by atoms with Crippen molar-refractivity contribution in [2.45, 2.75) is 26.9 Å². The van der Waals surface area contributed by atoms with Gasteiger partial charge in [-0.25, -0.2) is 9.13 Å². The van der Waals surface area contributed by atoms with Crippen molar-refractivity contribution in [3.8, 4) is 0 Å². The largest absolute Gasteiger partial charge is 0.510 e. The molecule has 1 aliphatic rings. The molecule has 21 heavy (non-hydrogen) atoms. The Labute approximate surface area is 126 Å². The molecular formula is C9H17NO8P2S. The van der Waals surface area contributed by atoms with E-state index < -0.39 is 21.7 Å². The van der Waals surface area contributed by atoms with Gasteiger partial charge in [0, 0.05) is 17.6 Å². The lowest BCUT2D eigenvalue weighted by molar-refractivity contribution is 0.156. The first-order valence-corrected chi connectivity index (χ1v) is 9.48. The zero-order valence-corrected chi connectivity index (χ0v) is 14.4. The summed E-state index contributed by atoms with van der Waals surface area (Å²) in [5.74, 6) is 0.0719. The van der Waals surface area contributed by atoms with Crippen LogP contribution in [0.4, 0.5) is 0 Å². The molecule has 4 N–H and O–H groups in total. The van der Waals surface area contributed by atoms with Gasteiger partial charge in [-0.15, -0.1) is 0 Å². The molecule has 12 heteroatoms. The molecule has 122 valence electrons. The molecule has 0 aliphatic carbocycles. The normalized spacial score (nSPS) is 23.3. The van der Waals surface area contributed by atoms with Gasteiger partial charge in [-0.1, -0.05) is 11.8 Å². The molecule has 0 spiro atoms. The van der Waals surface area contributed by atoms with Crippen molar-refractivity contribution in [2.75, 3.05) is 7.05 Å². The first-order chi connectivity index (χ1) is 9.34. The standard InChI is InChI=1S/C9H17NO8P2S/c1-5-8(21-9(6(2)11)10(5)4)7(3)17-20(15,16)18-19(12,13)14/h7,11H,1-4H3,(H,15,16)(H2,12,13,14)/b9-6-. The van der Waals surface area contributed by atoms with E-state index in [0.717, 1.165) is 11.8 Å². The molecule has 1 heterocycles. The van der Waals surface area contributed by atoms with E-state index >= 15 is 0 Å². The predicted molar refractivity (Wildman–Crippen MR) is 76.9 cm³/mol. The molecule has 2 unspecified atom stereocenters. The smallest absolute Gasteiger partial charge is 0.481 e. The maximum atomic E-state index is 11.5. The molecule has 0 aromatic carbocycles. The average Bonchev–Trinajstić information content (AvgIpc) is 2.51. The molecule has 9 nitrogen and oxygen atoms in total. The van der Waals surface area contributed by atoms with Gasteiger partial charge in [0.25, 0.3) is 0 Å². The minimum absolute atomic E-state index is 0.0719. The van der Waals surface area contributed by atoms with Crippen molar-refractivity contribution in [3.63, 3.8) is 0 Å². The lowest BCUT2D eigenvalue weighted by Crippen LogP contribution is -2.12. The number of phosphoric acid groups is 2. The Hall–Kier alpha value is -0.310. The van der Waals surface area contributed by atoms with Crippen LogP contribution in [0, 0.1) is 0 Å². The number of hydrogen-bond acceptors (Lipinski definition) is 7. The van der Waals surface area contributed by atoms with Gasteiger partial charge < -0.3 is 24.7 Å². The molecule has 0 saturated heterocycles. The summed E-state index contributed by atoms with van der Waals surface area (Å²) in [5, 5.41) is 10.1. The summed E-state index contributed by atoms with van der Waals surface area (Å²) in [4.78, 5) is 28.6. The van der Waals surface area contributed by atoms with E-state index in [1.807, 2.05) is 0 Å². The van der Waals surface area contributed by atoms with Gasteiger partial charge in [0.1, 0.15) is 10.8 Å². The highest BCUT2D eigenvalue weighted by Gasteiger charge is 2.37. The molecule has 0 radical (unpaired) electrons. The van der Waals surface area contributed by atoms with Crippen LogP contribution >= 0.6 is 27.4 Å². The Balaban J connectivity index is 2.91. The predicted octanol–water partition coefficient (Wildman–Crippen LogP) is 2.26. The van der Waals surface area contributed by atoms with E-state index in [1.54, 1.807) is 18.9 Å². The number of nitrogens with zero attached hydrogens (tertiary/aromatic N) is 1. The maximum Gasteiger partial charge on any atom is 0.481 e. The van der Waals surface area contributed by atoms with E-state index in [-0.39, 0.29) is 5.76 Å². The van der Waals surface area contributed by atoms with Gasteiger partial charge in [0.15, 0.2) is 0 Å². The summed E-state index contributed by atoms with van der Waals surface area (Å²) in [7, 11) is -8.37. The highest BCUT2D eigenvalue weighted by atomic mass is 32.2. The topological polar surface area (TPSA) is 137 Å². The second-order valence-corrected chi connectivity index (χ2v) is 8.10. The van der Waals surface area contributed by atoms with Crippen molar-refractivity contribution in [1.29, 1.82) is 0 Å². The fourth-order valence-corrected chi connectivity index (χ4v) is 4.59. The monoisotopic (exact) mass is 361 g/mol. The van der Waals surface area contributed by atoms with Gasteiger partial charge in [-0.3, -0.25) is 4.52 Å². The molecule has 0 amide bonds.